The van der Waals surface area contributed by atoms with Gasteiger partial charge in [-0.15, -0.1) is 0 Å². The molecule has 1 amide bonds. The molecule has 184 valence electrons. The maximum absolute atomic E-state index is 13.8. The van der Waals surface area contributed by atoms with Gasteiger partial charge in [-0.3, -0.25) is 4.79 Å². The van der Waals surface area contributed by atoms with E-state index in [1.54, 1.807) is 0 Å². The van der Waals surface area contributed by atoms with Crippen LogP contribution < -0.4 is 4.90 Å². The highest BCUT2D eigenvalue weighted by Gasteiger charge is 2.51. The summed E-state index contributed by atoms with van der Waals surface area (Å²) < 4.78 is 7.67. The van der Waals surface area contributed by atoms with Gasteiger partial charge in [0.05, 0.1) is 16.1 Å². The van der Waals surface area contributed by atoms with Crippen LogP contribution in [0.3, 0.4) is 0 Å². The fraction of sp³-hybridized carbons (Fsp3) is 0.731. The fourth-order valence-corrected chi connectivity index (χ4v) is 7.93. The molecule has 0 N–H and O–H groups in total. The number of benzene rings is 1. The first-order valence-corrected chi connectivity index (χ1v) is 16.7. The van der Waals surface area contributed by atoms with E-state index in [9.17, 15) is 4.79 Å². The summed E-state index contributed by atoms with van der Waals surface area (Å²) in [4.78, 5) is 18.3. The molecule has 1 aromatic carbocycles. The van der Waals surface area contributed by atoms with Crippen LogP contribution >= 0.6 is 27.5 Å². The van der Waals surface area contributed by atoms with Gasteiger partial charge in [0.15, 0.2) is 8.32 Å². The van der Waals surface area contributed by atoms with Gasteiger partial charge >= 0.3 is 0 Å². The number of piperidine rings is 1. The molecule has 2 aliphatic heterocycles. The van der Waals surface area contributed by atoms with Crippen LogP contribution in [0, 0.1) is 5.41 Å². The van der Waals surface area contributed by atoms with Crippen LogP contribution in [0.5, 0.6) is 0 Å². The zero-order chi connectivity index (χ0) is 24.0. The fourth-order valence-electron chi connectivity index (χ4n) is 5.72. The first-order valence-electron chi connectivity index (χ1n) is 12.6. The van der Waals surface area contributed by atoms with Crippen molar-refractivity contribution in [2.45, 2.75) is 96.0 Å². The second kappa shape index (κ2) is 9.48. The lowest BCUT2D eigenvalue weighted by molar-refractivity contribution is -0.139. The standard InChI is InChI=1S/C26H40BrClN2O2Si/c1-25(2,3)33(4,5)32-21-10-8-20(9-11-21)30-16-14-26(24(30)31)13-6-15-29(18-26)23-12-7-19(27)17-22(23)28/h7,12,17,20-21H,6,8-11,13-16,18H2,1-5H3/t20-,21+,26-/m0/s1. The highest BCUT2D eigenvalue weighted by Crippen LogP contribution is 2.45. The van der Waals surface area contributed by atoms with Crippen molar-refractivity contribution in [3.63, 3.8) is 0 Å². The van der Waals surface area contributed by atoms with Crippen molar-refractivity contribution >= 4 is 47.4 Å². The first-order chi connectivity index (χ1) is 15.4. The molecule has 1 spiro atoms. The molecule has 1 saturated carbocycles. The second-order valence-electron chi connectivity index (χ2n) is 12.0. The van der Waals surface area contributed by atoms with Crippen LogP contribution in [0.4, 0.5) is 5.69 Å². The van der Waals surface area contributed by atoms with Gasteiger partial charge in [-0.25, -0.2) is 0 Å². The molecule has 3 aliphatic rings. The predicted molar refractivity (Wildman–Crippen MR) is 144 cm³/mol. The Kier molecular flexibility index (Phi) is 7.33. The van der Waals surface area contributed by atoms with E-state index < -0.39 is 8.32 Å². The van der Waals surface area contributed by atoms with Crippen LogP contribution in [-0.2, 0) is 9.22 Å². The summed E-state index contributed by atoms with van der Waals surface area (Å²) in [6.07, 6.45) is 7.67. The van der Waals surface area contributed by atoms with E-state index in [1.165, 1.54) is 0 Å². The number of halogens is 2. The number of nitrogens with zero attached hydrogens (tertiary/aromatic N) is 2. The quantitative estimate of drug-likeness (QED) is 0.367. The molecule has 2 saturated heterocycles. The molecular weight excluding hydrogens is 516 g/mol. The lowest BCUT2D eigenvalue weighted by atomic mass is 9.78. The second-order valence-corrected chi connectivity index (χ2v) is 18.0. The van der Waals surface area contributed by atoms with Gasteiger partial charge in [0.1, 0.15) is 0 Å². The maximum Gasteiger partial charge on any atom is 0.230 e. The summed E-state index contributed by atoms with van der Waals surface area (Å²) >= 11 is 10.1. The lowest BCUT2D eigenvalue weighted by Crippen LogP contribution is -2.50. The van der Waals surface area contributed by atoms with Gasteiger partial charge < -0.3 is 14.2 Å². The first kappa shape index (κ1) is 25.5. The molecular formula is C26H40BrClN2O2Si. The third-order valence-electron chi connectivity index (χ3n) is 8.73. The van der Waals surface area contributed by atoms with Gasteiger partial charge in [0, 0.05) is 36.3 Å². The van der Waals surface area contributed by atoms with E-state index in [4.69, 9.17) is 16.0 Å². The molecule has 3 fully saturated rings. The summed E-state index contributed by atoms with van der Waals surface area (Å²) in [5.74, 6) is 0.384. The molecule has 33 heavy (non-hydrogen) atoms. The van der Waals surface area contributed by atoms with E-state index in [1.807, 2.05) is 12.1 Å². The van der Waals surface area contributed by atoms with Gasteiger partial charge in [-0.2, -0.15) is 0 Å². The Balaban J connectivity index is 1.38. The molecule has 0 aromatic heterocycles. The van der Waals surface area contributed by atoms with Gasteiger partial charge in [0.2, 0.25) is 5.91 Å². The number of likely N-dealkylation sites (tertiary alicyclic amines) is 1. The van der Waals surface area contributed by atoms with Crippen molar-refractivity contribution in [2.75, 3.05) is 24.5 Å². The number of carbonyl (C=O) groups excluding carboxylic acids is 1. The molecule has 4 nitrogen and oxygen atoms in total. The Morgan fingerprint density at radius 3 is 2.45 bits per heavy atom. The monoisotopic (exact) mass is 554 g/mol. The number of carbonyl (C=O) groups is 1. The number of hydrogen-bond acceptors (Lipinski definition) is 3. The summed E-state index contributed by atoms with van der Waals surface area (Å²) in [5, 5.41) is 0.995. The number of rotatable bonds is 4. The molecule has 0 unspecified atom stereocenters. The molecule has 1 atom stereocenters. The van der Waals surface area contributed by atoms with Crippen molar-refractivity contribution in [2.24, 2.45) is 5.41 Å². The third kappa shape index (κ3) is 5.19. The van der Waals surface area contributed by atoms with Gasteiger partial charge in [-0.05, 0) is 81.3 Å². The Morgan fingerprint density at radius 2 is 1.82 bits per heavy atom. The van der Waals surface area contributed by atoms with Gasteiger partial charge in [0.25, 0.3) is 0 Å². The topological polar surface area (TPSA) is 32.8 Å². The number of hydrogen-bond donors (Lipinski definition) is 0. The summed E-state index contributed by atoms with van der Waals surface area (Å²) in [5.41, 5.74) is 0.803. The van der Waals surface area contributed by atoms with E-state index in [2.05, 4.69) is 65.7 Å². The maximum atomic E-state index is 13.8. The largest absolute Gasteiger partial charge is 0.414 e. The number of anilines is 1. The average molecular weight is 556 g/mol. The zero-order valence-electron chi connectivity index (χ0n) is 20.9. The summed E-state index contributed by atoms with van der Waals surface area (Å²) in [6, 6.07) is 6.44. The van der Waals surface area contributed by atoms with Crippen molar-refractivity contribution in [1.29, 1.82) is 0 Å². The minimum atomic E-state index is -1.74. The highest BCUT2D eigenvalue weighted by molar-refractivity contribution is 9.10. The van der Waals surface area contributed by atoms with Crippen molar-refractivity contribution in [3.05, 3.63) is 27.7 Å². The third-order valence-corrected chi connectivity index (χ3v) is 14.1. The Hall–Kier alpha value is -0.563. The lowest BCUT2D eigenvalue weighted by Gasteiger charge is -2.43. The molecule has 4 rings (SSSR count). The van der Waals surface area contributed by atoms with E-state index in [0.717, 1.165) is 79.8 Å². The summed E-state index contributed by atoms with van der Waals surface area (Å²) in [6.45, 7) is 14.3. The van der Waals surface area contributed by atoms with Crippen molar-refractivity contribution in [3.8, 4) is 0 Å². The minimum absolute atomic E-state index is 0.242. The smallest absolute Gasteiger partial charge is 0.230 e. The molecule has 7 heteroatoms. The van der Waals surface area contributed by atoms with E-state index in [-0.39, 0.29) is 10.5 Å². The normalized spacial score (nSPS) is 29.2. The van der Waals surface area contributed by atoms with Crippen LogP contribution in [0.1, 0.15) is 65.7 Å². The Labute approximate surface area is 214 Å². The molecule has 1 aliphatic carbocycles. The SMILES string of the molecule is CC(C)(C)[Si](C)(C)O[C@H]1CC[C@@H](N2CC[C@]3(CCCN(c4ccc(Br)cc4Cl)C3)C2=O)CC1. The Morgan fingerprint density at radius 1 is 1.12 bits per heavy atom. The van der Waals surface area contributed by atoms with Crippen LogP contribution in [-0.4, -0.2) is 50.9 Å². The van der Waals surface area contributed by atoms with Crippen molar-refractivity contribution in [1.82, 2.24) is 4.90 Å². The van der Waals surface area contributed by atoms with E-state index >= 15 is 0 Å². The molecule has 0 bridgehead atoms. The molecule has 0 radical (unpaired) electrons. The van der Waals surface area contributed by atoms with E-state index in [0.29, 0.717) is 18.1 Å². The van der Waals surface area contributed by atoms with Crippen LogP contribution in [0.25, 0.3) is 0 Å². The zero-order valence-corrected chi connectivity index (χ0v) is 24.3. The van der Waals surface area contributed by atoms with Crippen molar-refractivity contribution < 1.29 is 9.22 Å². The highest BCUT2D eigenvalue weighted by atomic mass is 79.9. The Bertz CT molecular complexity index is 882. The van der Waals surface area contributed by atoms with Crippen LogP contribution in [0.15, 0.2) is 22.7 Å². The van der Waals surface area contributed by atoms with Crippen LogP contribution in [0.2, 0.25) is 23.2 Å². The average Bonchev–Trinajstić information content (AvgIpc) is 3.03. The number of amides is 1. The van der Waals surface area contributed by atoms with Gasteiger partial charge in [-0.1, -0.05) is 48.3 Å². The predicted octanol–water partition coefficient (Wildman–Crippen LogP) is 7.25. The summed E-state index contributed by atoms with van der Waals surface area (Å²) in [7, 11) is -1.74. The molecule has 2 heterocycles. The molecule has 1 aromatic rings. The minimum Gasteiger partial charge on any atom is -0.414 e.